The van der Waals surface area contributed by atoms with Gasteiger partial charge >= 0.3 is 0 Å². The topological polar surface area (TPSA) is 50.8 Å². The van der Waals surface area contributed by atoms with Crippen LogP contribution in [0.1, 0.15) is 22.0 Å². The lowest BCUT2D eigenvalue weighted by Crippen LogP contribution is -2.34. The lowest BCUT2D eigenvalue weighted by molar-refractivity contribution is 0.0941. The molecule has 0 fully saturated rings. The van der Waals surface area contributed by atoms with Crippen LogP contribution in [-0.4, -0.2) is 45.7 Å². The maximum atomic E-state index is 12.6. The lowest BCUT2D eigenvalue weighted by atomic mass is 10.1. The zero-order valence-electron chi connectivity index (χ0n) is 14.9. The first-order chi connectivity index (χ1) is 12.0. The summed E-state index contributed by atoms with van der Waals surface area (Å²) in [6, 6.07) is 13.2. The number of ether oxygens (including phenoxy) is 2. The second kappa shape index (κ2) is 8.87. The Morgan fingerprint density at radius 1 is 1.12 bits per heavy atom. The van der Waals surface area contributed by atoms with Crippen molar-refractivity contribution in [2.45, 2.75) is 6.04 Å². The third-order valence-electron chi connectivity index (χ3n) is 3.98. The second-order valence-corrected chi connectivity index (χ2v) is 6.67. The van der Waals surface area contributed by atoms with Crippen LogP contribution in [0.25, 0.3) is 0 Å². The summed E-state index contributed by atoms with van der Waals surface area (Å²) in [5.74, 6) is 1.29. The molecule has 2 aromatic rings. The van der Waals surface area contributed by atoms with Gasteiger partial charge in [-0.05, 0) is 65.9 Å². The van der Waals surface area contributed by atoms with Crippen molar-refractivity contribution < 1.29 is 14.3 Å². The van der Waals surface area contributed by atoms with Crippen LogP contribution in [0.2, 0.25) is 0 Å². The number of halogens is 1. The summed E-state index contributed by atoms with van der Waals surface area (Å²) in [6.07, 6.45) is 0. The fourth-order valence-electron chi connectivity index (χ4n) is 2.54. The average Bonchev–Trinajstić information content (AvgIpc) is 2.62. The molecule has 134 valence electrons. The molecule has 0 spiro atoms. The van der Waals surface area contributed by atoms with Gasteiger partial charge < -0.3 is 19.7 Å². The maximum absolute atomic E-state index is 12.6. The van der Waals surface area contributed by atoms with E-state index in [9.17, 15) is 4.79 Å². The highest BCUT2D eigenvalue weighted by atomic mass is 79.9. The fraction of sp³-hybridized carbons (Fsp3) is 0.316. The zero-order valence-corrected chi connectivity index (χ0v) is 16.5. The first kappa shape index (κ1) is 19.3. The number of benzene rings is 2. The molecule has 6 heteroatoms. The largest absolute Gasteiger partial charge is 0.497 e. The van der Waals surface area contributed by atoms with Crippen molar-refractivity contribution in [2.75, 3.05) is 34.9 Å². The molecule has 0 bridgehead atoms. The number of nitrogens with one attached hydrogen (secondary N) is 1. The van der Waals surface area contributed by atoms with Gasteiger partial charge in [-0.1, -0.05) is 12.1 Å². The van der Waals surface area contributed by atoms with Gasteiger partial charge in [0.1, 0.15) is 11.5 Å². The maximum Gasteiger partial charge on any atom is 0.252 e. The van der Waals surface area contributed by atoms with Crippen molar-refractivity contribution in [3.05, 3.63) is 58.1 Å². The molecule has 0 aliphatic heterocycles. The molecule has 0 aliphatic rings. The van der Waals surface area contributed by atoms with Gasteiger partial charge in [0.05, 0.1) is 25.8 Å². The zero-order chi connectivity index (χ0) is 18.4. The highest BCUT2D eigenvalue weighted by molar-refractivity contribution is 9.10. The van der Waals surface area contributed by atoms with Crippen molar-refractivity contribution in [1.82, 2.24) is 10.2 Å². The molecule has 5 nitrogen and oxygen atoms in total. The predicted molar refractivity (Wildman–Crippen MR) is 102 cm³/mol. The normalized spacial score (nSPS) is 11.9. The number of amides is 1. The van der Waals surface area contributed by atoms with E-state index in [0.29, 0.717) is 17.9 Å². The Hall–Kier alpha value is -2.05. The molecule has 0 aliphatic carbocycles. The minimum Gasteiger partial charge on any atom is -0.497 e. The Bertz CT molecular complexity index is 734. The molecule has 1 N–H and O–H groups in total. The molecular formula is C19H23BrN2O3. The Morgan fingerprint density at radius 2 is 1.80 bits per heavy atom. The Morgan fingerprint density at radius 3 is 2.44 bits per heavy atom. The van der Waals surface area contributed by atoms with Gasteiger partial charge in [-0.25, -0.2) is 0 Å². The number of likely N-dealkylation sites (N-methyl/N-ethyl adjacent to an activating group) is 1. The van der Waals surface area contributed by atoms with E-state index in [2.05, 4.69) is 26.1 Å². The van der Waals surface area contributed by atoms with Crippen molar-refractivity contribution in [3.63, 3.8) is 0 Å². The predicted octanol–water partition coefficient (Wildman–Crippen LogP) is 3.50. The number of hydrogen-bond acceptors (Lipinski definition) is 4. The van der Waals surface area contributed by atoms with Gasteiger partial charge in [0.15, 0.2) is 0 Å². The van der Waals surface area contributed by atoms with Crippen LogP contribution >= 0.6 is 15.9 Å². The molecule has 0 heterocycles. The van der Waals surface area contributed by atoms with E-state index in [-0.39, 0.29) is 11.9 Å². The van der Waals surface area contributed by atoms with Gasteiger partial charge in [-0.15, -0.1) is 0 Å². The summed E-state index contributed by atoms with van der Waals surface area (Å²) >= 11 is 3.42. The van der Waals surface area contributed by atoms with Crippen molar-refractivity contribution in [3.8, 4) is 11.5 Å². The summed E-state index contributed by atoms with van der Waals surface area (Å²) in [5.41, 5.74) is 1.62. The highest BCUT2D eigenvalue weighted by Crippen LogP contribution is 2.24. The molecule has 0 radical (unpaired) electrons. The summed E-state index contributed by atoms with van der Waals surface area (Å²) in [4.78, 5) is 14.6. The minimum absolute atomic E-state index is 0.0310. The van der Waals surface area contributed by atoms with E-state index in [1.165, 1.54) is 0 Å². The summed E-state index contributed by atoms with van der Waals surface area (Å²) in [6.45, 7) is 0.475. The molecular weight excluding hydrogens is 384 g/mol. The van der Waals surface area contributed by atoms with E-state index >= 15 is 0 Å². The quantitative estimate of drug-likeness (QED) is 0.764. The molecule has 0 saturated carbocycles. The molecule has 1 unspecified atom stereocenters. The van der Waals surface area contributed by atoms with Crippen LogP contribution < -0.4 is 14.8 Å². The lowest BCUT2D eigenvalue weighted by Gasteiger charge is -2.25. The first-order valence-electron chi connectivity index (χ1n) is 7.88. The summed E-state index contributed by atoms with van der Waals surface area (Å²) in [5, 5.41) is 3.00. The number of carbonyl (C=O) groups excluding carboxylic acids is 1. The molecule has 1 atom stereocenters. The van der Waals surface area contributed by atoms with Crippen LogP contribution in [0.5, 0.6) is 11.5 Å². The van der Waals surface area contributed by atoms with E-state index in [1.807, 2.05) is 38.4 Å². The minimum atomic E-state index is -0.152. The van der Waals surface area contributed by atoms with Crippen LogP contribution in [0, 0.1) is 0 Å². The Labute approximate surface area is 157 Å². The molecule has 2 aromatic carbocycles. The molecule has 0 saturated heterocycles. The van der Waals surface area contributed by atoms with Gasteiger partial charge in [0, 0.05) is 11.0 Å². The summed E-state index contributed by atoms with van der Waals surface area (Å²) in [7, 11) is 7.19. The van der Waals surface area contributed by atoms with Crippen LogP contribution in [0.3, 0.4) is 0 Å². The van der Waals surface area contributed by atoms with Crippen molar-refractivity contribution in [1.29, 1.82) is 0 Å². The molecule has 25 heavy (non-hydrogen) atoms. The number of rotatable bonds is 7. The van der Waals surface area contributed by atoms with Gasteiger partial charge in [0.2, 0.25) is 0 Å². The third kappa shape index (κ3) is 4.96. The second-order valence-electron chi connectivity index (χ2n) is 5.81. The van der Waals surface area contributed by atoms with Crippen LogP contribution in [0.4, 0.5) is 0 Å². The monoisotopic (exact) mass is 406 g/mol. The van der Waals surface area contributed by atoms with Crippen LogP contribution in [0.15, 0.2) is 46.9 Å². The highest BCUT2D eigenvalue weighted by Gasteiger charge is 2.18. The van der Waals surface area contributed by atoms with Crippen LogP contribution in [-0.2, 0) is 0 Å². The first-order valence-corrected chi connectivity index (χ1v) is 8.67. The molecule has 2 rings (SSSR count). The fourth-order valence-corrected chi connectivity index (χ4v) is 2.96. The average molecular weight is 407 g/mol. The SMILES string of the molecule is COc1cccc(C(CNC(=O)c2cc(OC)ccc2Br)N(C)C)c1. The van der Waals surface area contributed by atoms with E-state index < -0.39 is 0 Å². The van der Waals surface area contributed by atoms with E-state index in [0.717, 1.165) is 15.8 Å². The van der Waals surface area contributed by atoms with Gasteiger partial charge in [-0.3, -0.25) is 4.79 Å². The Balaban J connectivity index is 2.14. The molecule has 0 aromatic heterocycles. The van der Waals surface area contributed by atoms with Crippen molar-refractivity contribution >= 4 is 21.8 Å². The number of hydrogen-bond donors (Lipinski definition) is 1. The third-order valence-corrected chi connectivity index (χ3v) is 4.67. The Kier molecular flexibility index (Phi) is 6.84. The number of methoxy groups -OCH3 is 2. The smallest absolute Gasteiger partial charge is 0.252 e. The van der Waals surface area contributed by atoms with Crippen molar-refractivity contribution in [2.24, 2.45) is 0 Å². The van der Waals surface area contributed by atoms with E-state index in [1.54, 1.807) is 32.4 Å². The van der Waals surface area contributed by atoms with Gasteiger partial charge in [-0.2, -0.15) is 0 Å². The number of nitrogens with zero attached hydrogens (tertiary/aromatic N) is 1. The van der Waals surface area contributed by atoms with E-state index in [4.69, 9.17) is 9.47 Å². The van der Waals surface area contributed by atoms with Gasteiger partial charge in [0.25, 0.3) is 5.91 Å². The standard InChI is InChI=1S/C19H23BrN2O3/c1-22(2)18(13-6-5-7-14(10-13)24-3)12-21-19(23)16-11-15(25-4)8-9-17(16)20/h5-11,18H,12H2,1-4H3,(H,21,23). The number of carbonyl (C=O) groups is 1. The summed E-state index contributed by atoms with van der Waals surface area (Å²) < 4.78 is 11.2. The molecule has 1 amide bonds.